The standard InChI is InChI=1S/C12H20N2/c1-9(2)14(4)8-11-5-6-12(13)10(3)7-11/h5-7,9H,8,13H2,1-4H3. The normalized spacial score (nSPS) is 11.3. The lowest BCUT2D eigenvalue weighted by Crippen LogP contribution is -2.25. The van der Waals surface area contributed by atoms with E-state index in [2.05, 4.69) is 37.9 Å². The molecule has 0 bridgehead atoms. The molecule has 2 heteroatoms. The van der Waals surface area contributed by atoms with Gasteiger partial charge in [-0.15, -0.1) is 0 Å². The number of benzene rings is 1. The summed E-state index contributed by atoms with van der Waals surface area (Å²) in [5, 5.41) is 0. The highest BCUT2D eigenvalue weighted by molar-refractivity contribution is 5.47. The van der Waals surface area contributed by atoms with E-state index < -0.39 is 0 Å². The number of hydrogen-bond donors (Lipinski definition) is 1. The van der Waals surface area contributed by atoms with Crippen LogP contribution >= 0.6 is 0 Å². The molecule has 0 saturated carbocycles. The van der Waals surface area contributed by atoms with Crippen LogP contribution in [0.1, 0.15) is 25.0 Å². The maximum Gasteiger partial charge on any atom is 0.0343 e. The van der Waals surface area contributed by atoms with Gasteiger partial charge in [0.25, 0.3) is 0 Å². The summed E-state index contributed by atoms with van der Waals surface area (Å²) in [5.74, 6) is 0. The molecule has 78 valence electrons. The first kappa shape index (κ1) is 11.1. The van der Waals surface area contributed by atoms with Crippen molar-refractivity contribution in [1.29, 1.82) is 0 Å². The van der Waals surface area contributed by atoms with E-state index in [1.54, 1.807) is 0 Å². The molecule has 0 amide bonds. The quantitative estimate of drug-likeness (QED) is 0.745. The van der Waals surface area contributed by atoms with E-state index in [0.29, 0.717) is 6.04 Å². The van der Waals surface area contributed by atoms with E-state index in [9.17, 15) is 0 Å². The Balaban J connectivity index is 2.73. The van der Waals surface area contributed by atoms with Crippen molar-refractivity contribution in [3.63, 3.8) is 0 Å². The van der Waals surface area contributed by atoms with Gasteiger partial charge >= 0.3 is 0 Å². The predicted molar refractivity (Wildman–Crippen MR) is 62.2 cm³/mol. The molecule has 0 spiro atoms. The topological polar surface area (TPSA) is 29.3 Å². The molecule has 1 aromatic carbocycles. The molecule has 0 saturated heterocycles. The minimum Gasteiger partial charge on any atom is -0.399 e. The van der Waals surface area contributed by atoms with Crippen LogP contribution in [0.3, 0.4) is 0 Å². The lowest BCUT2D eigenvalue weighted by molar-refractivity contribution is 0.266. The van der Waals surface area contributed by atoms with Crippen molar-refractivity contribution < 1.29 is 0 Å². The maximum atomic E-state index is 5.77. The van der Waals surface area contributed by atoms with E-state index in [4.69, 9.17) is 5.73 Å². The van der Waals surface area contributed by atoms with Gasteiger partial charge in [0, 0.05) is 18.3 Å². The molecule has 1 aromatic rings. The van der Waals surface area contributed by atoms with Crippen LogP contribution in [-0.2, 0) is 6.54 Å². The molecule has 0 aliphatic heterocycles. The smallest absolute Gasteiger partial charge is 0.0343 e. The molecular weight excluding hydrogens is 172 g/mol. The number of nitrogens with zero attached hydrogens (tertiary/aromatic N) is 1. The van der Waals surface area contributed by atoms with E-state index in [-0.39, 0.29) is 0 Å². The summed E-state index contributed by atoms with van der Waals surface area (Å²) in [6, 6.07) is 6.82. The highest BCUT2D eigenvalue weighted by Gasteiger charge is 2.04. The zero-order chi connectivity index (χ0) is 10.7. The average Bonchev–Trinajstić information content (AvgIpc) is 2.11. The summed E-state index contributed by atoms with van der Waals surface area (Å²) in [4.78, 5) is 2.31. The molecule has 0 unspecified atom stereocenters. The number of anilines is 1. The van der Waals surface area contributed by atoms with Gasteiger partial charge in [-0.2, -0.15) is 0 Å². The predicted octanol–water partition coefficient (Wildman–Crippen LogP) is 2.42. The van der Waals surface area contributed by atoms with Crippen LogP contribution in [0.2, 0.25) is 0 Å². The van der Waals surface area contributed by atoms with Crippen LogP contribution in [0.4, 0.5) is 5.69 Å². The highest BCUT2D eigenvalue weighted by atomic mass is 15.1. The van der Waals surface area contributed by atoms with Crippen LogP contribution in [-0.4, -0.2) is 18.0 Å². The molecule has 14 heavy (non-hydrogen) atoms. The van der Waals surface area contributed by atoms with E-state index in [1.165, 1.54) is 11.1 Å². The third-order valence-corrected chi connectivity index (χ3v) is 2.65. The Bertz CT molecular complexity index is 305. The van der Waals surface area contributed by atoms with Crippen molar-refractivity contribution in [2.45, 2.75) is 33.4 Å². The second-order valence-corrected chi connectivity index (χ2v) is 4.20. The molecular formula is C12H20N2. The molecule has 2 nitrogen and oxygen atoms in total. The van der Waals surface area contributed by atoms with Gasteiger partial charge in [0.15, 0.2) is 0 Å². The highest BCUT2D eigenvalue weighted by Crippen LogP contribution is 2.14. The Labute approximate surface area is 86.7 Å². The van der Waals surface area contributed by atoms with Crippen molar-refractivity contribution in [3.05, 3.63) is 29.3 Å². The van der Waals surface area contributed by atoms with E-state index in [1.807, 2.05) is 13.0 Å². The Hall–Kier alpha value is -1.02. The first-order chi connectivity index (χ1) is 6.50. The van der Waals surface area contributed by atoms with Gasteiger partial charge in [-0.25, -0.2) is 0 Å². The SMILES string of the molecule is Cc1cc(CN(C)C(C)C)ccc1N. The molecule has 0 fully saturated rings. The third-order valence-electron chi connectivity index (χ3n) is 2.65. The zero-order valence-electron chi connectivity index (χ0n) is 9.54. The fraction of sp³-hybridized carbons (Fsp3) is 0.500. The molecule has 1 rings (SSSR count). The van der Waals surface area contributed by atoms with Gasteiger partial charge in [0.2, 0.25) is 0 Å². The Morgan fingerprint density at radius 1 is 1.36 bits per heavy atom. The number of aryl methyl sites for hydroxylation is 1. The fourth-order valence-electron chi connectivity index (χ4n) is 1.31. The Morgan fingerprint density at radius 3 is 2.50 bits per heavy atom. The van der Waals surface area contributed by atoms with Gasteiger partial charge in [0.05, 0.1) is 0 Å². The summed E-state index contributed by atoms with van der Waals surface area (Å²) >= 11 is 0. The second kappa shape index (κ2) is 4.47. The molecule has 2 N–H and O–H groups in total. The lowest BCUT2D eigenvalue weighted by atomic mass is 10.1. The van der Waals surface area contributed by atoms with E-state index in [0.717, 1.165) is 12.2 Å². The van der Waals surface area contributed by atoms with Gasteiger partial charge in [-0.1, -0.05) is 12.1 Å². The third kappa shape index (κ3) is 2.74. The van der Waals surface area contributed by atoms with Crippen LogP contribution in [0, 0.1) is 6.92 Å². The molecule has 0 atom stereocenters. The molecule has 0 aromatic heterocycles. The molecule has 0 aliphatic carbocycles. The van der Waals surface area contributed by atoms with E-state index >= 15 is 0 Å². The average molecular weight is 192 g/mol. The van der Waals surface area contributed by atoms with Crippen LogP contribution < -0.4 is 5.73 Å². The summed E-state index contributed by atoms with van der Waals surface area (Å²) in [6.45, 7) is 7.43. The summed E-state index contributed by atoms with van der Waals surface area (Å²) in [6.07, 6.45) is 0. The number of nitrogen functional groups attached to an aromatic ring is 1. The summed E-state index contributed by atoms with van der Waals surface area (Å²) in [5.41, 5.74) is 9.13. The first-order valence-electron chi connectivity index (χ1n) is 5.06. The largest absolute Gasteiger partial charge is 0.399 e. The van der Waals surface area contributed by atoms with Crippen molar-refractivity contribution >= 4 is 5.69 Å². The molecule has 0 aliphatic rings. The van der Waals surface area contributed by atoms with Gasteiger partial charge in [-0.05, 0) is 45.0 Å². The number of hydrogen-bond acceptors (Lipinski definition) is 2. The van der Waals surface area contributed by atoms with Crippen LogP contribution in [0.15, 0.2) is 18.2 Å². The fourth-order valence-corrected chi connectivity index (χ4v) is 1.31. The minimum atomic E-state index is 0.577. The maximum absolute atomic E-state index is 5.77. The van der Waals surface area contributed by atoms with Gasteiger partial charge in [0.1, 0.15) is 0 Å². The van der Waals surface area contributed by atoms with Crippen LogP contribution in [0.25, 0.3) is 0 Å². The monoisotopic (exact) mass is 192 g/mol. The minimum absolute atomic E-state index is 0.577. The first-order valence-corrected chi connectivity index (χ1v) is 5.06. The molecule has 0 radical (unpaired) electrons. The zero-order valence-corrected chi connectivity index (χ0v) is 9.54. The summed E-state index contributed by atoms with van der Waals surface area (Å²) in [7, 11) is 2.14. The van der Waals surface area contributed by atoms with Crippen molar-refractivity contribution in [2.75, 3.05) is 12.8 Å². The second-order valence-electron chi connectivity index (χ2n) is 4.20. The van der Waals surface area contributed by atoms with Gasteiger partial charge < -0.3 is 5.73 Å². The number of rotatable bonds is 3. The van der Waals surface area contributed by atoms with Crippen molar-refractivity contribution in [2.24, 2.45) is 0 Å². The Morgan fingerprint density at radius 2 is 2.00 bits per heavy atom. The van der Waals surface area contributed by atoms with Gasteiger partial charge in [-0.3, -0.25) is 4.90 Å². The molecule has 0 heterocycles. The number of nitrogens with two attached hydrogens (primary N) is 1. The van der Waals surface area contributed by atoms with Crippen molar-refractivity contribution in [1.82, 2.24) is 4.90 Å². The van der Waals surface area contributed by atoms with Crippen molar-refractivity contribution in [3.8, 4) is 0 Å². The summed E-state index contributed by atoms with van der Waals surface area (Å²) < 4.78 is 0. The van der Waals surface area contributed by atoms with Crippen LogP contribution in [0.5, 0.6) is 0 Å². The Kier molecular flexibility index (Phi) is 3.53. The lowest BCUT2D eigenvalue weighted by Gasteiger charge is -2.21.